The molecule has 1 N–H and O–H groups in total. The van der Waals surface area contributed by atoms with Crippen LogP contribution in [0, 0.1) is 10.1 Å². The number of hydrogen-bond acceptors (Lipinski definition) is 5. The van der Waals surface area contributed by atoms with E-state index in [4.69, 9.17) is 16.3 Å². The van der Waals surface area contributed by atoms with Crippen LogP contribution in [0.25, 0.3) is 0 Å². The van der Waals surface area contributed by atoms with Crippen molar-refractivity contribution in [3.8, 4) is 0 Å². The molecule has 0 unspecified atom stereocenters. The molecule has 0 aromatic carbocycles. The van der Waals surface area contributed by atoms with Crippen molar-refractivity contribution in [1.82, 2.24) is 10.3 Å². The lowest BCUT2D eigenvalue weighted by Gasteiger charge is -2.26. The molecule has 1 saturated heterocycles. The Hall–Kier alpha value is -1.73. The predicted molar refractivity (Wildman–Crippen MR) is 58.0 cm³/mol. The molecule has 7 nitrogen and oxygen atoms in total. The van der Waals surface area contributed by atoms with Gasteiger partial charge in [-0.25, -0.2) is 4.98 Å². The van der Waals surface area contributed by atoms with Crippen LogP contribution < -0.4 is 5.32 Å². The Labute approximate surface area is 101 Å². The maximum absolute atomic E-state index is 11.8. The zero-order valence-corrected chi connectivity index (χ0v) is 9.31. The van der Waals surface area contributed by atoms with E-state index in [0.717, 1.165) is 0 Å². The maximum atomic E-state index is 11.8. The Bertz CT molecular complexity index is 475. The van der Waals surface area contributed by atoms with Gasteiger partial charge in [-0.15, -0.1) is 0 Å². The Kier molecular flexibility index (Phi) is 3.21. The molecular formula is C9H8ClN3O4. The number of hydrogen-bond donors (Lipinski definition) is 1. The Morgan fingerprint density at radius 1 is 1.65 bits per heavy atom. The molecule has 2 rings (SSSR count). The topological polar surface area (TPSA) is 94.4 Å². The van der Waals surface area contributed by atoms with Crippen LogP contribution in [-0.2, 0) is 4.74 Å². The Morgan fingerprint density at radius 2 is 2.35 bits per heavy atom. The molecule has 1 aromatic rings. The summed E-state index contributed by atoms with van der Waals surface area (Å²) in [6.45, 7) is 0.830. The monoisotopic (exact) mass is 257 g/mol. The van der Waals surface area contributed by atoms with Crippen molar-refractivity contribution < 1.29 is 14.5 Å². The van der Waals surface area contributed by atoms with Crippen molar-refractivity contribution in [2.24, 2.45) is 0 Å². The summed E-state index contributed by atoms with van der Waals surface area (Å²) in [6, 6.07) is 1.16. The molecule has 0 bridgehead atoms. The Balaban J connectivity index is 2.27. The lowest BCUT2D eigenvalue weighted by molar-refractivity contribution is -0.385. The minimum absolute atomic E-state index is 0.0955. The SMILES string of the molecule is O=C(NC1COC1)c1ccnc(Cl)c1[N+](=O)[O-]. The number of aromatic nitrogens is 1. The van der Waals surface area contributed by atoms with Gasteiger partial charge in [0.05, 0.1) is 24.2 Å². The van der Waals surface area contributed by atoms with Crippen molar-refractivity contribution >= 4 is 23.2 Å². The van der Waals surface area contributed by atoms with E-state index in [0.29, 0.717) is 13.2 Å². The van der Waals surface area contributed by atoms with Gasteiger partial charge in [-0.3, -0.25) is 14.9 Å². The van der Waals surface area contributed by atoms with Crippen LogP contribution in [0.5, 0.6) is 0 Å². The minimum Gasteiger partial charge on any atom is -0.377 e. The second-order valence-electron chi connectivity index (χ2n) is 3.46. The lowest BCUT2D eigenvalue weighted by Crippen LogP contribution is -2.48. The Morgan fingerprint density at radius 3 is 2.88 bits per heavy atom. The zero-order chi connectivity index (χ0) is 12.4. The van der Waals surface area contributed by atoms with Gasteiger partial charge in [0, 0.05) is 6.20 Å². The highest BCUT2D eigenvalue weighted by Gasteiger charge is 2.28. The van der Waals surface area contributed by atoms with Gasteiger partial charge in [-0.2, -0.15) is 0 Å². The summed E-state index contributed by atoms with van der Waals surface area (Å²) in [5.41, 5.74) is -0.575. The number of halogens is 1. The summed E-state index contributed by atoms with van der Waals surface area (Å²) >= 11 is 5.60. The van der Waals surface area contributed by atoms with E-state index in [1.54, 1.807) is 0 Å². The average molecular weight is 258 g/mol. The third-order valence-corrected chi connectivity index (χ3v) is 2.56. The van der Waals surface area contributed by atoms with Crippen molar-refractivity contribution in [1.29, 1.82) is 0 Å². The van der Waals surface area contributed by atoms with Crippen LogP contribution in [0.2, 0.25) is 5.15 Å². The quantitative estimate of drug-likeness (QED) is 0.490. The first-order valence-corrected chi connectivity index (χ1v) is 5.15. The van der Waals surface area contributed by atoms with Crippen LogP contribution in [0.4, 0.5) is 5.69 Å². The second-order valence-corrected chi connectivity index (χ2v) is 3.82. The smallest absolute Gasteiger partial charge is 0.319 e. The molecule has 2 heterocycles. The molecule has 0 radical (unpaired) electrons. The normalized spacial score (nSPS) is 15.1. The number of amides is 1. The summed E-state index contributed by atoms with van der Waals surface area (Å²) in [4.78, 5) is 25.4. The van der Waals surface area contributed by atoms with Crippen molar-refractivity contribution in [2.45, 2.75) is 6.04 Å². The van der Waals surface area contributed by atoms with Crippen molar-refractivity contribution in [3.05, 3.63) is 33.1 Å². The number of ether oxygens (including phenoxy) is 1. The first kappa shape index (κ1) is 11.7. The van der Waals surface area contributed by atoms with Gasteiger partial charge in [0.2, 0.25) is 5.15 Å². The first-order chi connectivity index (χ1) is 8.09. The van der Waals surface area contributed by atoms with E-state index in [9.17, 15) is 14.9 Å². The molecule has 8 heteroatoms. The van der Waals surface area contributed by atoms with Gasteiger partial charge in [-0.05, 0) is 6.07 Å². The van der Waals surface area contributed by atoms with E-state index in [2.05, 4.69) is 10.3 Å². The standard InChI is InChI=1S/C9H8ClN3O4/c10-8-7(13(15)16)6(1-2-11-8)9(14)12-5-3-17-4-5/h1-2,5H,3-4H2,(H,12,14). The van der Waals surface area contributed by atoms with E-state index >= 15 is 0 Å². The largest absolute Gasteiger partial charge is 0.377 e. The molecule has 1 aromatic heterocycles. The number of nitrogens with zero attached hydrogens (tertiary/aromatic N) is 2. The number of rotatable bonds is 3. The molecule has 0 saturated carbocycles. The van der Waals surface area contributed by atoms with Crippen molar-refractivity contribution in [3.63, 3.8) is 0 Å². The van der Waals surface area contributed by atoms with Crippen LogP contribution in [0.15, 0.2) is 12.3 Å². The number of nitro groups is 1. The molecule has 0 atom stereocenters. The van der Waals surface area contributed by atoms with Crippen LogP contribution in [-0.4, -0.2) is 35.1 Å². The molecule has 90 valence electrons. The minimum atomic E-state index is -0.721. The summed E-state index contributed by atoms with van der Waals surface area (Å²) in [7, 11) is 0. The fourth-order valence-corrected chi connectivity index (χ4v) is 1.59. The van der Waals surface area contributed by atoms with Gasteiger partial charge >= 0.3 is 5.69 Å². The molecule has 17 heavy (non-hydrogen) atoms. The number of nitrogens with one attached hydrogen (secondary N) is 1. The van der Waals surface area contributed by atoms with Gasteiger partial charge < -0.3 is 10.1 Å². The van der Waals surface area contributed by atoms with E-state index < -0.39 is 16.5 Å². The lowest BCUT2D eigenvalue weighted by atomic mass is 10.2. The second kappa shape index (κ2) is 4.64. The highest BCUT2D eigenvalue weighted by molar-refractivity contribution is 6.32. The highest BCUT2D eigenvalue weighted by Crippen LogP contribution is 2.25. The van der Waals surface area contributed by atoms with Gasteiger partial charge in [0.1, 0.15) is 5.56 Å². The van der Waals surface area contributed by atoms with Crippen LogP contribution in [0.1, 0.15) is 10.4 Å². The third-order valence-electron chi connectivity index (χ3n) is 2.28. The number of carbonyl (C=O) groups excluding carboxylic acids is 1. The van der Waals surface area contributed by atoms with E-state index in [1.165, 1.54) is 12.3 Å². The molecule has 1 aliphatic rings. The van der Waals surface area contributed by atoms with Gasteiger partial charge in [0.25, 0.3) is 5.91 Å². The number of pyridine rings is 1. The average Bonchev–Trinajstić information content (AvgIpc) is 2.22. The fraction of sp³-hybridized carbons (Fsp3) is 0.333. The summed E-state index contributed by atoms with van der Waals surface area (Å²) in [5, 5.41) is 13.1. The highest BCUT2D eigenvalue weighted by atomic mass is 35.5. The van der Waals surface area contributed by atoms with Crippen LogP contribution in [0.3, 0.4) is 0 Å². The van der Waals surface area contributed by atoms with Crippen LogP contribution >= 0.6 is 11.6 Å². The fourth-order valence-electron chi connectivity index (χ4n) is 1.37. The van der Waals surface area contributed by atoms with E-state index in [1.807, 2.05) is 0 Å². The predicted octanol–water partition coefficient (Wildman–Crippen LogP) is 0.772. The molecule has 0 spiro atoms. The van der Waals surface area contributed by atoms with Gasteiger partial charge in [0.15, 0.2) is 0 Å². The van der Waals surface area contributed by atoms with Gasteiger partial charge in [-0.1, -0.05) is 11.6 Å². The zero-order valence-electron chi connectivity index (χ0n) is 8.55. The first-order valence-electron chi connectivity index (χ1n) is 4.77. The van der Waals surface area contributed by atoms with E-state index in [-0.39, 0.29) is 16.8 Å². The number of carbonyl (C=O) groups is 1. The van der Waals surface area contributed by atoms with Crippen molar-refractivity contribution in [2.75, 3.05) is 13.2 Å². The maximum Gasteiger partial charge on any atom is 0.319 e. The summed E-state index contributed by atoms with van der Waals surface area (Å²) < 4.78 is 4.89. The molecule has 1 fully saturated rings. The molecule has 0 aliphatic carbocycles. The molecular weight excluding hydrogens is 250 g/mol. The summed E-state index contributed by atoms with van der Waals surface area (Å²) in [6.07, 6.45) is 1.25. The molecule has 1 amide bonds. The third kappa shape index (κ3) is 2.34. The molecule has 1 aliphatic heterocycles. The summed E-state index contributed by atoms with van der Waals surface area (Å²) in [5.74, 6) is -0.547.